The molecule has 0 bridgehead atoms. The van der Waals surface area contributed by atoms with Crippen LogP contribution in [0.15, 0.2) is 54.7 Å². The number of carbonyl (C=O) groups excluding carboxylic acids is 1. The standard InChI is InChI=1S/C22H18Cl2N4OS2/c1-2-16(13-8-9-14(23)15(24)10-13)28-19(20(29)17-11-26-21(25)31-17)18(27-22(28)30)12-6-4-3-5-7-12/h3-11,16H,2H2,1H3,(H2,25,26)(H,27,30). The van der Waals surface area contributed by atoms with Crippen molar-refractivity contribution >= 4 is 57.7 Å². The Kier molecular flexibility index (Phi) is 6.29. The van der Waals surface area contributed by atoms with Crippen molar-refractivity contribution in [3.63, 3.8) is 0 Å². The molecule has 2 aromatic carbocycles. The van der Waals surface area contributed by atoms with E-state index >= 15 is 0 Å². The van der Waals surface area contributed by atoms with E-state index in [-0.39, 0.29) is 11.8 Å². The molecule has 2 aromatic heterocycles. The van der Waals surface area contributed by atoms with Gasteiger partial charge in [0, 0.05) is 5.56 Å². The average molecular weight is 489 g/mol. The fourth-order valence-electron chi connectivity index (χ4n) is 3.58. The van der Waals surface area contributed by atoms with E-state index in [0.717, 1.165) is 22.5 Å². The number of halogens is 2. The maximum Gasteiger partial charge on any atom is 0.223 e. The Balaban J connectivity index is 1.97. The molecule has 0 radical (unpaired) electrons. The minimum atomic E-state index is -0.222. The number of nitrogens with two attached hydrogens (primary N) is 1. The Labute approximate surface area is 198 Å². The first kappa shape index (κ1) is 21.8. The topological polar surface area (TPSA) is 76.7 Å². The molecule has 4 aromatic rings. The van der Waals surface area contributed by atoms with Crippen LogP contribution < -0.4 is 5.73 Å². The summed E-state index contributed by atoms with van der Waals surface area (Å²) in [5.74, 6) is -0.195. The van der Waals surface area contributed by atoms with Gasteiger partial charge in [-0.05, 0) is 36.3 Å². The van der Waals surface area contributed by atoms with Gasteiger partial charge in [0.25, 0.3) is 0 Å². The number of hydrogen-bond acceptors (Lipinski definition) is 5. The zero-order chi connectivity index (χ0) is 22.1. The van der Waals surface area contributed by atoms with Gasteiger partial charge in [-0.15, -0.1) is 0 Å². The molecule has 3 N–H and O–H groups in total. The summed E-state index contributed by atoms with van der Waals surface area (Å²) < 4.78 is 2.30. The van der Waals surface area contributed by atoms with Gasteiger partial charge in [-0.25, -0.2) is 4.98 Å². The molecule has 0 fully saturated rings. The molecule has 5 nitrogen and oxygen atoms in total. The van der Waals surface area contributed by atoms with Gasteiger partial charge in [0.2, 0.25) is 5.78 Å². The summed E-state index contributed by atoms with van der Waals surface area (Å²) in [6.07, 6.45) is 2.18. The van der Waals surface area contributed by atoms with Crippen LogP contribution in [0.4, 0.5) is 5.13 Å². The van der Waals surface area contributed by atoms with Crippen LogP contribution in [0.2, 0.25) is 10.0 Å². The zero-order valence-corrected chi connectivity index (χ0v) is 19.6. The van der Waals surface area contributed by atoms with Gasteiger partial charge in [-0.3, -0.25) is 4.79 Å². The minimum Gasteiger partial charge on any atom is -0.375 e. The van der Waals surface area contributed by atoms with Gasteiger partial charge in [0.05, 0.1) is 32.9 Å². The van der Waals surface area contributed by atoms with Crippen molar-refractivity contribution in [2.24, 2.45) is 0 Å². The van der Waals surface area contributed by atoms with Crippen LogP contribution in [-0.4, -0.2) is 20.3 Å². The van der Waals surface area contributed by atoms with Crippen LogP contribution in [0, 0.1) is 4.77 Å². The molecule has 4 rings (SSSR count). The monoisotopic (exact) mass is 488 g/mol. The van der Waals surface area contributed by atoms with Gasteiger partial charge < -0.3 is 15.3 Å². The second kappa shape index (κ2) is 8.96. The van der Waals surface area contributed by atoms with E-state index in [2.05, 4.69) is 9.97 Å². The highest BCUT2D eigenvalue weighted by Crippen LogP contribution is 2.34. The largest absolute Gasteiger partial charge is 0.375 e. The molecular weight excluding hydrogens is 471 g/mol. The molecule has 0 saturated carbocycles. The molecule has 158 valence electrons. The highest BCUT2D eigenvalue weighted by atomic mass is 35.5. The summed E-state index contributed by atoms with van der Waals surface area (Å²) in [4.78, 5) is 21.4. The number of anilines is 1. The van der Waals surface area contributed by atoms with Crippen molar-refractivity contribution in [2.75, 3.05) is 5.73 Å². The second-order valence-corrected chi connectivity index (χ2v) is 9.14. The van der Waals surface area contributed by atoms with E-state index in [9.17, 15) is 4.79 Å². The van der Waals surface area contributed by atoms with Crippen LogP contribution in [0.5, 0.6) is 0 Å². The first-order valence-electron chi connectivity index (χ1n) is 9.51. The maximum absolute atomic E-state index is 13.6. The summed E-state index contributed by atoms with van der Waals surface area (Å²) in [5.41, 5.74) is 8.66. The predicted molar refractivity (Wildman–Crippen MR) is 130 cm³/mol. The smallest absolute Gasteiger partial charge is 0.223 e. The number of nitrogens with one attached hydrogen (secondary N) is 1. The Bertz CT molecular complexity index is 1310. The summed E-state index contributed by atoms with van der Waals surface area (Å²) in [6.45, 7) is 2.03. The van der Waals surface area contributed by atoms with Gasteiger partial charge in [-0.2, -0.15) is 0 Å². The SMILES string of the molecule is CCC(c1ccc(Cl)c(Cl)c1)n1c(C(=O)c2cnc(N)s2)c(-c2ccccc2)[nH]c1=S. The second-order valence-electron chi connectivity index (χ2n) is 6.88. The van der Waals surface area contributed by atoms with Gasteiger partial charge >= 0.3 is 0 Å². The number of carbonyl (C=O) groups is 1. The van der Waals surface area contributed by atoms with E-state index in [1.807, 2.05) is 54.0 Å². The number of benzene rings is 2. The van der Waals surface area contributed by atoms with E-state index < -0.39 is 0 Å². The molecule has 1 atom stereocenters. The van der Waals surface area contributed by atoms with Crippen LogP contribution in [0.1, 0.15) is 40.3 Å². The molecule has 0 aliphatic rings. The summed E-state index contributed by atoms with van der Waals surface area (Å²) in [7, 11) is 0. The van der Waals surface area contributed by atoms with Crippen molar-refractivity contribution in [2.45, 2.75) is 19.4 Å². The zero-order valence-electron chi connectivity index (χ0n) is 16.4. The third kappa shape index (κ3) is 4.19. The molecule has 1 unspecified atom stereocenters. The Morgan fingerprint density at radius 3 is 2.58 bits per heavy atom. The lowest BCUT2D eigenvalue weighted by molar-refractivity contribution is 0.103. The normalized spacial score (nSPS) is 12.1. The molecule has 0 aliphatic carbocycles. The Morgan fingerprint density at radius 2 is 1.97 bits per heavy atom. The number of nitrogens with zero attached hydrogens (tertiary/aromatic N) is 2. The lowest BCUT2D eigenvalue weighted by atomic mass is 10.0. The fourth-order valence-corrected chi connectivity index (χ4v) is 4.83. The number of H-pyrrole nitrogens is 1. The highest BCUT2D eigenvalue weighted by molar-refractivity contribution is 7.71. The number of rotatable bonds is 6. The van der Waals surface area contributed by atoms with Crippen molar-refractivity contribution < 1.29 is 4.79 Å². The number of nitrogen functional groups attached to an aromatic ring is 1. The number of aromatic amines is 1. The maximum atomic E-state index is 13.6. The highest BCUT2D eigenvalue weighted by Gasteiger charge is 2.27. The van der Waals surface area contributed by atoms with Crippen LogP contribution in [0.25, 0.3) is 11.3 Å². The molecule has 0 amide bonds. The van der Waals surface area contributed by atoms with Gasteiger partial charge in [-0.1, -0.05) is 77.9 Å². The number of ketones is 1. The molecule has 9 heteroatoms. The molecule has 2 heterocycles. The predicted octanol–water partition coefficient (Wildman–Crippen LogP) is 6.79. The number of imidazole rings is 1. The average Bonchev–Trinajstić information content (AvgIpc) is 3.35. The number of thiazole rings is 1. The summed E-state index contributed by atoms with van der Waals surface area (Å²) in [6, 6.07) is 14.9. The van der Waals surface area contributed by atoms with Crippen molar-refractivity contribution in [3.8, 4) is 11.3 Å². The van der Waals surface area contributed by atoms with Crippen molar-refractivity contribution in [3.05, 3.63) is 85.7 Å². The Hall–Kier alpha value is -2.45. The molecular formula is C22H18Cl2N4OS2. The van der Waals surface area contributed by atoms with Crippen LogP contribution in [-0.2, 0) is 0 Å². The summed E-state index contributed by atoms with van der Waals surface area (Å²) in [5, 5.41) is 1.26. The first-order valence-corrected chi connectivity index (χ1v) is 11.5. The van der Waals surface area contributed by atoms with Crippen molar-refractivity contribution in [1.29, 1.82) is 0 Å². The molecule has 31 heavy (non-hydrogen) atoms. The lowest BCUT2D eigenvalue weighted by Gasteiger charge is -2.20. The van der Waals surface area contributed by atoms with E-state index in [4.69, 9.17) is 41.2 Å². The quantitative estimate of drug-likeness (QED) is 0.231. The van der Waals surface area contributed by atoms with E-state index in [1.54, 1.807) is 6.07 Å². The van der Waals surface area contributed by atoms with E-state index in [0.29, 0.717) is 42.6 Å². The third-order valence-corrected chi connectivity index (χ3v) is 6.84. The fraction of sp³-hybridized carbons (Fsp3) is 0.136. The van der Waals surface area contributed by atoms with E-state index in [1.165, 1.54) is 6.20 Å². The Morgan fingerprint density at radius 1 is 1.23 bits per heavy atom. The minimum absolute atomic E-state index is 0.195. The van der Waals surface area contributed by atoms with Crippen molar-refractivity contribution in [1.82, 2.24) is 14.5 Å². The number of aromatic nitrogens is 3. The van der Waals surface area contributed by atoms with Crippen LogP contribution in [0.3, 0.4) is 0 Å². The third-order valence-electron chi connectivity index (χ3n) is 4.98. The molecule has 0 aliphatic heterocycles. The van der Waals surface area contributed by atoms with Gasteiger partial charge in [0.1, 0.15) is 5.69 Å². The van der Waals surface area contributed by atoms with Crippen LogP contribution >= 0.6 is 46.8 Å². The lowest BCUT2D eigenvalue weighted by Crippen LogP contribution is -2.17. The van der Waals surface area contributed by atoms with Gasteiger partial charge in [0.15, 0.2) is 9.90 Å². The first-order chi connectivity index (χ1) is 14.9. The summed E-state index contributed by atoms with van der Waals surface area (Å²) >= 11 is 19.2. The number of hydrogen-bond donors (Lipinski definition) is 2. The molecule has 0 spiro atoms. The molecule has 0 saturated heterocycles.